The summed E-state index contributed by atoms with van der Waals surface area (Å²) in [7, 11) is 0. The quantitative estimate of drug-likeness (QED) is 0.689. The minimum atomic E-state index is -0.225. The molecule has 0 aliphatic rings. The smallest absolute Gasteiger partial charge is 0.239 e. The van der Waals surface area contributed by atoms with E-state index in [1.807, 2.05) is 30.5 Å². The van der Waals surface area contributed by atoms with Crippen LogP contribution in [0.15, 0.2) is 43.1 Å². The molecule has 2 amide bonds. The fraction of sp³-hybridized carbons (Fsp3) is 0.200. The highest BCUT2D eigenvalue weighted by atomic mass is 16.2. The molecule has 1 aromatic carbocycles. The van der Waals surface area contributed by atoms with Crippen molar-refractivity contribution in [2.75, 3.05) is 13.1 Å². The first-order valence-electron chi connectivity index (χ1n) is 6.40. The molecule has 0 atom stereocenters. The van der Waals surface area contributed by atoms with Gasteiger partial charge in [0.1, 0.15) is 0 Å². The highest BCUT2D eigenvalue weighted by molar-refractivity contribution is 5.90. The number of carbonyl (C=O) groups excluding carboxylic acids is 2. The number of benzene rings is 1. The molecule has 0 fully saturated rings. The van der Waals surface area contributed by atoms with E-state index < -0.39 is 0 Å². The van der Waals surface area contributed by atoms with E-state index >= 15 is 0 Å². The average molecular weight is 271 g/mol. The molecule has 3 N–H and O–H groups in total. The van der Waals surface area contributed by atoms with Crippen LogP contribution in [0.5, 0.6) is 0 Å². The van der Waals surface area contributed by atoms with Crippen molar-refractivity contribution in [2.45, 2.75) is 6.42 Å². The Bertz CT molecular complexity index is 631. The van der Waals surface area contributed by atoms with Crippen LogP contribution >= 0.6 is 0 Å². The summed E-state index contributed by atoms with van der Waals surface area (Å²) >= 11 is 0. The predicted molar refractivity (Wildman–Crippen MR) is 78.2 cm³/mol. The van der Waals surface area contributed by atoms with E-state index in [1.165, 1.54) is 0 Å². The summed E-state index contributed by atoms with van der Waals surface area (Å²) in [5, 5.41) is 6.22. The number of hydrogen-bond donors (Lipinski definition) is 3. The standard InChI is InChI=1S/C15H17N3O2/c1-2-7-16-15(20)10-18-14(19)8-11-9-17-13-6-4-3-5-12(11)13/h2-6,9,17H,1,7-8,10H2,(H,16,20)(H,18,19). The van der Waals surface area contributed by atoms with Gasteiger partial charge >= 0.3 is 0 Å². The van der Waals surface area contributed by atoms with Crippen LogP contribution in [0.4, 0.5) is 0 Å². The molecule has 1 heterocycles. The molecule has 0 saturated heterocycles. The molecule has 0 aliphatic carbocycles. The predicted octanol–water partition coefficient (Wildman–Crippen LogP) is 1.13. The van der Waals surface area contributed by atoms with Crippen LogP contribution in [-0.2, 0) is 16.0 Å². The number of hydrogen-bond acceptors (Lipinski definition) is 2. The lowest BCUT2D eigenvalue weighted by Gasteiger charge is -2.05. The van der Waals surface area contributed by atoms with Gasteiger partial charge in [-0.05, 0) is 11.6 Å². The normalized spacial score (nSPS) is 10.2. The second-order valence-corrected chi connectivity index (χ2v) is 4.41. The van der Waals surface area contributed by atoms with Crippen LogP contribution in [0.3, 0.4) is 0 Å². The summed E-state index contributed by atoms with van der Waals surface area (Å²) in [4.78, 5) is 26.3. The van der Waals surface area contributed by atoms with Gasteiger partial charge in [0.2, 0.25) is 11.8 Å². The second kappa shape index (κ2) is 6.56. The molecule has 0 unspecified atom stereocenters. The third-order valence-electron chi connectivity index (χ3n) is 2.92. The number of aromatic amines is 1. The molecular weight excluding hydrogens is 254 g/mol. The number of carbonyl (C=O) groups is 2. The van der Waals surface area contributed by atoms with Crippen molar-refractivity contribution < 1.29 is 9.59 Å². The minimum absolute atomic E-state index is 0.0188. The second-order valence-electron chi connectivity index (χ2n) is 4.41. The zero-order chi connectivity index (χ0) is 14.4. The number of nitrogens with one attached hydrogen (secondary N) is 3. The lowest BCUT2D eigenvalue weighted by molar-refractivity contribution is -0.125. The van der Waals surface area contributed by atoms with E-state index in [1.54, 1.807) is 6.08 Å². The molecule has 2 rings (SSSR count). The van der Waals surface area contributed by atoms with Gasteiger partial charge in [0, 0.05) is 23.6 Å². The molecule has 5 nitrogen and oxygen atoms in total. The van der Waals surface area contributed by atoms with E-state index in [0.717, 1.165) is 16.5 Å². The van der Waals surface area contributed by atoms with Gasteiger partial charge in [-0.2, -0.15) is 0 Å². The van der Waals surface area contributed by atoms with Crippen molar-refractivity contribution in [3.05, 3.63) is 48.7 Å². The Hall–Kier alpha value is -2.56. The average Bonchev–Trinajstić information content (AvgIpc) is 2.86. The molecule has 104 valence electrons. The number of fused-ring (bicyclic) bond motifs is 1. The van der Waals surface area contributed by atoms with Crippen LogP contribution in [0.25, 0.3) is 10.9 Å². The zero-order valence-electron chi connectivity index (χ0n) is 11.1. The summed E-state index contributed by atoms with van der Waals surface area (Å²) in [6, 6.07) is 7.79. The van der Waals surface area contributed by atoms with Gasteiger partial charge in [-0.25, -0.2) is 0 Å². The fourth-order valence-corrected chi connectivity index (χ4v) is 1.94. The van der Waals surface area contributed by atoms with Crippen molar-refractivity contribution in [3.63, 3.8) is 0 Å². The molecule has 0 aliphatic heterocycles. The fourth-order valence-electron chi connectivity index (χ4n) is 1.94. The number of amides is 2. The van der Waals surface area contributed by atoms with Crippen LogP contribution < -0.4 is 10.6 Å². The van der Waals surface area contributed by atoms with Crippen molar-refractivity contribution in [1.82, 2.24) is 15.6 Å². The maximum Gasteiger partial charge on any atom is 0.239 e. The molecule has 1 aromatic heterocycles. The summed E-state index contributed by atoms with van der Waals surface area (Å²) in [6.07, 6.45) is 3.66. The van der Waals surface area contributed by atoms with Crippen molar-refractivity contribution in [3.8, 4) is 0 Å². The molecule has 0 bridgehead atoms. The monoisotopic (exact) mass is 271 g/mol. The maximum atomic E-state index is 11.8. The Kier molecular flexibility index (Phi) is 4.55. The first-order valence-corrected chi connectivity index (χ1v) is 6.40. The zero-order valence-corrected chi connectivity index (χ0v) is 11.1. The van der Waals surface area contributed by atoms with Gasteiger partial charge in [-0.1, -0.05) is 24.3 Å². The molecule has 0 saturated carbocycles. The summed E-state index contributed by atoms with van der Waals surface area (Å²) in [5.41, 5.74) is 1.92. The highest BCUT2D eigenvalue weighted by Crippen LogP contribution is 2.17. The van der Waals surface area contributed by atoms with Crippen molar-refractivity contribution in [2.24, 2.45) is 0 Å². The topological polar surface area (TPSA) is 74.0 Å². The third-order valence-corrected chi connectivity index (χ3v) is 2.92. The Morgan fingerprint density at radius 3 is 2.80 bits per heavy atom. The van der Waals surface area contributed by atoms with E-state index in [-0.39, 0.29) is 24.8 Å². The minimum Gasteiger partial charge on any atom is -0.361 e. The van der Waals surface area contributed by atoms with Gasteiger partial charge in [-0.15, -0.1) is 6.58 Å². The molecule has 20 heavy (non-hydrogen) atoms. The molecule has 0 spiro atoms. The van der Waals surface area contributed by atoms with E-state index in [9.17, 15) is 9.59 Å². The van der Waals surface area contributed by atoms with Gasteiger partial charge in [-0.3, -0.25) is 9.59 Å². The van der Waals surface area contributed by atoms with Gasteiger partial charge in [0.15, 0.2) is 0 Å². The highest BCUT2D eigenvalue weighted by Gasteiger charge is 2.09. The third kappa shape index (κ3) is 3.47. The van der Waals surface area contributed by atoms with Crippen LogP contribution in [0, 0.1) is 0 Å². The molecule has 2 aromatic rings. The van der Waals surface area contributed by atoms with Crippen LogP contribution in [0.2, 0.25) is 0 Å². The summed E-state index contributed by atoms with van der Waals surface area (Å²) in [5.74, 6) is -0.402. The Labute approximate surface area is 117 Å². The van der Waals surface area contributed by atoms with E-state index in [2.05, 4.69) is 22.2 Å². The first-order chi connectivity index (χ1) is 9.70. The van der Waals surface area contributed by atoms with Gasteiger partial charge < -0.3 is 15.6 Å². The maximum absolute atomic E-state index is 11.8. The summed E-state index contributed by atoms with van der Waals surface area (Å²) < 4.78 is 0. The van der Waals surface area contributed by atoms with E-state index in [0.29, 0.717) is 6.54 Å². The lowest BCUT2D eigenvalue weighted by atomic mass is 10.1. The Morgan fingerprint density at radius 1 is 1.20 bits per heavy atom. The lowest BCUT2D eigenvalue weighted by Crippen LogP contribution is -2.37. The number of H-pyrrole nitrogens is 1. The van der Waals surface area contributed by atoms with E-state index in [4.69, 9.17) is 0 Å². The largest absolute Gasteiger partial charge is 0.361 e. The SMILES string of the molecule is C=CCNC(=O)CNC(=O)Cc1c[nH]c2ccccc12. The number of aromatic nitrogens is 1. The molecule has 0 radical (unpaired) electrons. The first kappa shape index (κ1) is 13.9. The molecular formula is C15H17N3O2. The van der Waals surface area contributed by atoms with Crippen LogP contribution in [0.1, 0.15) is 5.56 Å². The van der Waals surface area contributed by atoms with Crippen molar-refractivity contribution >= 4 is 22.7 Å². The Morgan fingerprint density at radius 2 is 2.00 bits per heavy atom. The number of para-hydroxylation sites is 1. The van der Waals surface area contributed by atoms with Crippen LogP contribution in [-0.4, -0.2) is 29.9 Å². The summed E-state index contributed by atoms with van der Waals surface area (Å²) in [6.45, 7) is 3.88. The molecule has 5 heteroatoms. The van der Waals surface area contributed by atoms with Gasteiger partial charge in [0.25, 0.3) is 0 Å². The van der Waals surface area contributed by atoms with Crippen molar-refractivity contribution in [1.29, 1.82) is 0 Å². The number of rotatable bonds is 6. The van der Waals surface area contributed by atoms with Gasteiger partial charge in [0.05, 0.1) is 13.0 Å². The Balaban J connectivity index is 1.88.